The van der Waals surface area contributed by atoms with E-state index < -0.39 is 9.84 Å². The molecule has 0 saturated carbocycles. The summed E-state index contributed by atoms with van der Waals surface area (Å²) in [6.07, 6.45) is 2.36. The molecule has 1 heterocycles. The van der Waals surface area contributed by atoms with E-state index in [1.807, 2.05) is 31.2 Å². The molecule has 0 amide bonds. The summed E-state index contributed by atoms with van der Waals surface area (Å²) in [6.45, 7) is 1.96. The molecule has 0 aliphatic rings. The van der Waals surface area contributed by atoms with Gasteiger partial charge in [0.1, 0.15) is 4.90 Å². The van der Waals surface area contributed by atoms with Crippen molar-refractivity contribution in [3.05, 3.63) is 36.0 Å². The second-order valence-corrected chi connectivity index (χ2v) is 5.64. The average molecular weight is 237 g/mol. The Bertz CT molecular complexity index is 596. The first-order valence-corrected chi connectivity index (χ1v) is 6.59. The van der Waals surface area contributed by atoms with Gasteiger partial charge in [-0.25, -0.2) is 8.42 Å². The van der Waals surface area contributed by atoms with Crippen LogP contribution < -0.4 is 0 Å². The van der Waals surface area contributed by atoms with E-state index in [0.29, 0.717) is 11.3 Å². The third-order valence-electron chi connectivity index (χ3n) is 2.25. The number of aryl methyl sites for hydroxylation is 1. The van der Waals surface area contributed by atoms with Crippen molar-refractivity contribution in [3.8, 4) is 11.3 Å². The summed E-state index contributed by atoms with van der Waals surface area (Å²) < 4.78 is 27.9. The molecule has 2 rings (SSSR count). The van der Waals surface area contributed by atoms with Gasteiger partial charge < -0.3 is 4.52 Å². The summed E-state index contributed by atoms with van der Waals surface area (Å²) >= 11 is 0. The van der Waals surface area contributed by atoms with Crippen LogP contribution in [0.3, 0.4) is 0 Å². The second kappa shape index (κ2) is 3.75. The Morgan fingerprint density at radius 1 is 1.19 bits per heavy atom. The van der Waals surface area contributed by atoms with Gasteiger partial charge in [-0.3, -0.25) is 0 Å². The van der Waals surface area contributed by atoms with Crippen molar-refractivity contribution in [1.29, 1.82) is 0 Å². The van der Waals surface area contributed by atoms with Crippen molar-refractivity contribution in [1.82, 2.24) is 5.16 Å². The SMILES string of the molecule is Cc1ccc(-c2oncc2S(C)(=O)=O)cc1. The fourth-order valence-corrected chi connectivity index (χ4v) is 2.12. The Morgan fingerprint density at radius 2 is 1.81 bits per heavy atom. The summed E-state index contributed by atoms with van der Waals surface area (Å²) in [5.74, 6) is 0.294. The zero-order chi connectivity index (χ0) is 11.8. The molecule has 0 fully saturated rings. The van der Waals surface area contributed by atoms with Crippen LogP contribution in [0.1, 0.15) is 5.56 Å². The summed E-state index contributed by atoms with van der Waals surface area (Å²) in [5, 5.41) is 3.53. The molecule has 0 aliphatic heterocycles. The normalized spacial score (nSPS) is 11.6. The zero-order valence-electron chi connectivity index (χ0n) is 8.97. The Morgan fingerprint density at radius 3 is 2.38 bits per heavy atom. The van der Waals surface area contributed by atoms with Gasteiger partial charge in [0.15, 0.2) is 15.6 Å². The minimum atomic E-state index is -3.30. The van der Waals surface area contributed by atoms with Gasteiger partial charge >= 0.3 is 0 Å². The van der Waals surface area contributed by atoms with Crippen LogP contribution in [-0.4, -0.2) is 19.8 Å². The van der Waals surface area contributed by atoms with E-state index in [4.69, 9.17) is 4.52 Å². The number of benzene rings is 1. The number of hydrogen-bond donors (Lipinski definition) is 0. The van der Waals surface area contributed by atoms with Crippen LogP contribution in [0.4, 0.5) is 0 Å². The fraction of sp³-hybridized carbons (Fsp3) is 0.182. The van der Waals surface area contributed by atoms with Gasteiger partial charge in [-0.1, -0.05) is 35.0 Å². The molecule has 5 heteroatoms. The van der Waals surface area contributed by atoms with Gasteiger partial charge in [0.2, 0.25) is 0 Å². The standard InChI is InChI=1S/C11H11NO3S/c1-8-3-5-9(6-4-8)11-10(7-12-15-11)16(2,13)14/h3-7H,1-2H3. The molecule has 0 unspecified atom stereocenters. The van der Waals surface area contributed by atoms with Gasteiger partial charge in [0.25, 0.3) is 0 Å². The minimum Gasteiger partial charge on any atom is -0.355 e. The van der Waals surface area contributed by atoms with Crippen LogP contribution in [0.5, 0.6) is 0 Å². The van der Waals surface area contributed by atoms with Crippen molar-refractivity contribution in [2.24, 2.45) is 0 Å². The molecular weight excluding hydrogens is 226 g/mol. The molecule has 0 saturated heterocycles. The lowest BCUT2D eigenvalue weighted by Gasteiger charge is -1.99. The molecular formula is C11H11NO3S. The molecule has 0 spiro atoms. The van der Waals surface area contributed by atoms with E-state index in [0.717, 1.165) is 11.8 Å². The summed E-state index contributed by atoms with van der Waals surface area (Å²) in [7, 11) is -3.30. The molecule has 0 radical (unpaired) electrons. The summed E-state index contributed by atoms with van der Waals surface area (Å²) in [4.78, 5) is 0.122. The topological polar surface area (TPSA) is 60.2 Å². The predicted molar refractivity (Wildman–Crippen MR) is 59.8 cm³/mol. The molecule has 16 heavy (non-hydrogen) atoms. The maximum Gasteiger partial charge on any atom is 0.185 e. The molecule has 0 N–H and O–H groups in total. The highest BCUT2D eigenvalue weighted by atomic mass is 32.2. The number of rotatable bonds is 2. The van der Waals surface area contributed by atoms with Gasteiger partial charge in [-0.05, 0) is 6.92 Å². The van der Waals surface area contributed by atoms with E-state index in [1.165, 1.54) is 6.20 Å². The highest BCUT2D eigenvalue weighted by Crippen LogP contribution is 2.27. The van der Waals surface area contributed by atoms with Crippen molar-refractivity contribution in [2.75, 3.05) is 6.26 Å². The summed E-state index contributed by atoms with van der Waals surface area (Å²) in [5.41, 5.74) is 1.81. The quantitative estimate of drug-likeness (QED) is 0.802. The zero-order valence-corrected chi connectivity index (χ0v) is 9.78. The lowest BCUT2D eigenvalue weighted by atomic mass is 10.1. The molecule has 1 aromatic heterocycles. The second-order valence-electron chi connectivity index (χ2n) is 3.66. The Hall–Kier alpha value is -1.62. The van der Waals surface area contributed by atoms with Gasteiger partial charge in [-0.15, -0.1) is 0 Å². The molecule has 0 bridgehead atoms. The number of aromatic nitrogens is 1. The van der Waals surface area contributed by atoms with E-state index in [2.05, 4.69) is 5.16 Å². The minimum absolute atomic E-state index is 0.122. The van der Waals surface area contributed by atoms with Crippen LogP contribution in [0.2, 0.25) is 0 Å². The highest BCUT2D eigenvalue weighted by molar-refractivity contribution is 7.90. The Balaban J connectivity index is 2.58. The Kier molecular flexibility index (Phi) is 2.55. The molecule has 2 aromatic rings. The van der Waals surface area contributed by atoms with Crippen LogP contribution in [-0.2, 0) is 9.84 Å². The van der Waals surface area contributed by atoms with Crippen LogP contribution in [0.25, 0.3) is 11.3 Å². The highest BCUT2D eigenvalue weighted by Gasteiger charge is 2.19. The lowest BCUT2D eigenvalue weighted by molar-refractivity contribution is 0.430. The summed E-state index contributed by atoms with van der Waals surface area (Å²) in [6, 6.07) is 7.41. The van der Waals surface area contributed by atoms with Gasteiger partial charge in [-0.2, -0.15) is 0 Å². The van der Waals surface area contributed by atoms with Gasteiger partial charge in [0.05, 0.1) is 6.20 Å². The van der Waals surface area contributed by atoms with E-state index in [9.17, 15) is 8.42 Å². The maximum atomic E-state index is 11.5. The van der Waals surface area contributed by atoms with E-state index in [1.54, 1.807) is 0 Å². The molecule has 0 atom stereocenters. The van der Waals surface area contributed by atoms with Crippen LogP contribution in [0, 0.1) is 6.92 Å². The third-order valence-corrected chi connectivity index (χ3v) is 3.34. The van der Waals surface area contributed by atoms with E-state index in [-0.39, 0.29) is 4.90 Å². The number of sulfone groups is 1. The van der Waals surface area contributed by atoms with Crippen LogP contribution >= 0.6 is 0 Å². The molecule has 1 aromatic carbocycles. The van der Waals surface area contributed by atoms with Crippen molar-refractivity contribution < 1.29 is 12.9 Å². The first-order valence-electron chi connectivity index (χ1n) is 4.70. The van der Waals surface area contributed by atoms with Crippen molar-refractivity contribution >= 4 is 9.84 Å². The third kappa shape index (κ3) is 1.99. The average Bonchev–Trinajstić information content (AvgIpc) is 2.66. The molecule has 4 nitrogen and oxygen atoms in total. The maximum absolute atomic E-state index is 11.5. The fourth-order valence-electron chi connectivity index (χ4n) is 1.39. The first kappa shape index (κ1) is 10.9. The van der Waals surface area contributed by atoms with Gasteiger partial charge in [0, 0.05) is 11.8 Å². The Labute approximate surface area is 93.8 Å². The predicted octanol–water partition coefficient (Wildman–Crippen LogP) is 2.05. The van der Waals surface area contributed by atoms with Crippen molar-refractivity contribution in [2.45, 2.75) is 11.8 Å². The van der Waals surface area contributed by atoms with E-state index >= 15 is 0 Å². The number of hydrogen-bond acceptors (Lipinski definition) is 4. The molecule has 0 aliphatic carbocycles. The number of nitrogens with zero attached hydrogens (tertiary/aromatic N) is 1. The largest absolute Gasteiger partial charge is 0.355 e. The van der Waals surface area contributed by atoms with Crippen molar-refractivity contribution in [3.63, 3.8) is 0 Å². The smallest absolute Gasteiger partial charge is 0.185 e. The molecule has 84 valence electrons. The lowest BCUT2D eigenvalue weighted by Crippen LogP contribution is -1.96. The monoisotopic (exact) mass is 237 g/mol. The first-order chi connectivity index (χ1) is 7.48. The van der Waals surface area contributed by atoms with Crippen LogP contribution in [0.15, 0.2) is 39.9 Å².